The van der Waals surface area contributed by atoms with E-state index < -0.39 is 12.1 Å². The van der Waals surface area contributed by atoms with Crippen molar-refractivity contribution >= 4 is 35.5 Å². The zero-order chi connectivity index (χ0) is 21.8. The van der Waals surface area contributed by atoms with E-state index in [4.69, 9.17) is 4.74 Å². The van der Waals surface area contributed by atoms with Crippen LogP contribution in [0.3, 0.4) is 0 Å². The Bertz CT molecular complexity index is 975. The molecule has 2 heterocycles. The lowest BCUT2D eigenvalue weighted by Gasteiger charge is -2.21. The first kappa shape index (κ1) is 21.1. The van der Waals surface area contributed by atoms with Gasteiger partial charge in [-0.2, -0.15) is 11.8 Å². The van der Waals surface area contributed by atoms with Crippen LogP contribution in [0.2, 0.25) is 0 Å². The SMILES string of the molecule is O=C(CCCN1C(=O)c2ccccc2C1=O)O[C@@H]1CSC[C@@H]1NC(=O)c1ccccc1. The molecule has 0 radical (unpaired) electrons. The van der Waals surface area contributed by atoms with Crippen molar-refractivity contribution in [1.82, 2.24) is 10.2 Å². The molecule has 0 aliphatic carbocycles. The first-order valence-corrected chi connectivity index (χ1v) is 11.3. The maximum absolute atomic E-state index is 12.4. The number of hydrogen-bond donors (Lipinski definition) is 1. The number of hydrogen-bond acceptors (Lipinski definition) is 6. The van der Waals surface area contributed by atoms with Crippen LogP contribution in [0.5, 0.6) is 0 Å². The van der Waals surface area contributed by atoms with Crippen LogP contribution in [0.15, 0.2) is 54.6 Å². The summed E-state index contributed by atoms with van der Waals surface area (Å²) in [5.41, 5.74) is 1.36. The summed E-state index contributed by atoms with van der Waals surface area (Å²) in [6, 6.07) is 15.3. The fraction of sp³-hybridized carbons (Fsp3) is 0.304. The molecule has 1 fully saturated rings. The summed E-state index contributed by atoms with van der Waals surface area (Å²) in [6.45, 7) is 0.162. The minimum Gasteiger partial charge on any atom is -0.459 e. The number of nitrogens with zero attached hydrogens (tertiary/aromatic N) is 1. The Labute approximate surface area is 184 Å². The standard InChI is InChI=1S/C23H22N2O5S/c26-20(11-6-12-25-22(28)16-9-4-5-10-17(16)23(25)29)30-19-14-31-13-18(19)24-21(27)15-7-2-1-3-8-15/h1-5,7-10,18-19H,6,11-14H2,(H,24,27)/t18-,19+/m0/s1. The number of ether oxygens (including phenoxy) is 1. The Hall–Kier alpha value is -3.13. The van der Waals surface area contributed by atoms with Gasteiger partial charge in [-0.1, -0.05) is 30.3 Å². The van der Waals surface area contributed by atoms with Gasteiger partial charge in [0.1, 0.15) is 6.10 Å². The molecule has 2 atom stereocenters. The summed E-state index contributed by atoms with van der Waals surface area (Å²) >= 11 is 1.62. The van der Waals surface area contributed by atoms with Crippen molar-refractivity contribution in [1.29, 1.82) is 0 Å². The van der Waals surface area contributed by atoms with E-state index in [-0.39, 0.29) is 36.7 Å². The van der Waals surface area contributed by atoms with Crippen LogP contribution in [0.1, 0.15) is 43.9 Å². The van der Waals surface area contributed by atoms with Gasteiger partial charge in [-0.25, -0.2) is 0 Å². The van der Waals surface area contributed by atoms with E-state index in [2.05, 4.69) is 5.32 Å². The molecule has 160 valence electrons. The predicted octanol–water partition coefficient (Wildman–Crippen LogP) is 2.52. The smallest absolute Gasteiger partial charge is 0.306 e. The summed E-state index contributed by atoms with van der Waals surface area (Å²) in [4.78, 5) is 50.6. The summed E-state index contributed by atoms with van der Waals surface area (Å²) < 4.78 is 5.58. The van der Waals surface area contributed by atoms with E-state index in [9.17, 15) is 19.2 Å². The monoisotopic (exact) mass is 438 g/mol. The van der Waals surface area contributed by atoms with Gasteiger partial charge < -0.3 is 10.1 Å². The second-order valence-corrected chi connectivity index (χ2v) is 8.50. The summed E-state index contributed by atoms with van der Waals surface area (Å²) in [6.07, 6.45) is 0.0172. The van der Waals surface area contributed by atoms with Gasteiger partial charge in [0.15, 0.2) is 0 Å². The molecule has 0 spiro atoms. The predicted molar refractivity (Wildman–Crippen MR) is 116 cm³/mol. The summed E-state index contributed by atoms with van der Waals surface area (Å²) in [5, 5.41) is 2.94. The zero-order valence-electron chi connectivity index (χ0n) is 16.8. The maximum Gasteiger partial charge on any atom is 0.306 e. The number of benzene rings is 2. The van der Waals surface area contributed by atoms with Gasteiger partial charge in [0, 0.05) is 30.0 Å². The van der Waals surface area contributed by atoms with E-state index in [0.29, 0.717) is 34.6 Å². The number of carbonyl (C=O) groups excluding carboxylic acids is 4. The molecule has 8 heteroatoms. The third kappa shape index (κ3) is 4.64. The van der Waals surface area contributed by atoms with Crippen molar-refractivity contribution in [2.24, 2.45) is 0 Å². The molecule has 2 aromatic carbocycles. The highest BCUT2D eigenvalue weighted by Crippen LogP contribution is 2.24. The molecule has 0 saturated carbocycles. The van der Waals surface area contributed by atoms with Crippen LogP contribution >= 0.6 is 11.8 Å². The van der Waals surface area contributed by atoms with Gasteiger partial charge >= 0.3 is 5.97 Å². The Morgan fingerprint density at radius 1 is 0.968 bits per heavy atom. The Balaban J connectivity index is 1.25. The zero-order valence-corrected chi connectivity index (χ0v) is 17.6. The first-order chi connectivity index (χ1) is 15.0. The lowest BCUT2D eigenvalue weighted by Crippen LogP contribution is -2.44. The highest BCUT2D eigenvalue weighted by atomic mass is 32.2. The number of imide groups is 1. The number of fused-ring (bicyclic) bond motifs is 1. The molecule has 1 saturated heterocycles. The van der Waals surface area contributed by atoms with Gasteiger partial charge in [-0.15, -0.1) is 0 Å². The van der Waals surface area contributed by atoms with Crippen molar-refractivity contribution in [3.05, 3.63) is 71.3 Å². The number of carbonyl (C=O) groups is 4. The van der Waals surface area contributed by atoms with E-state index in [1.165, 1.54) is 4.90 Å². The third-order valence-electron chi connectivity index (χ3n) is 5.30. The fourth-order valence-electron chi connectivity index (χ4n) is 3.68. The molecule has 2 aliphatic rings. The van der Waals surface area contributed by atoms with Crippen LogP contribution < -0.4 is 5.32 Å². The van der Waals surface area contributed by atoms with Crippen LogP contribution in [0.4, 0.5) is 0 Å². The summed E-state index contributed by atoms with van der Waals surface area (Å²) in [5.74, 6) is 0.0349. The van der Waals surface area contributed by atoms with Crippen molar-refractivity contribution in [3.8, 4) is 0 Å². The molecule has 3 amide bonds. The lowest BCUT2D eigenvalue weighted by atomic mass is 10.1. The van der Waals surface area contributed by atoms with Crippen LogP contribution in [-0.2, 0) is 9.53 Å². The molecular weight excluding hydrogens is 416 g/mol. The average Bonchev–Trinajstić information content (AvgIpc) is 3.31. The minimum atomic E-state index is -0.400. The molecule has 2 aliphatic heterocycles. The number of rotatable bonds is 7. The minimum absolute atomic E-state index is 0.0912. The first-order valence-electron chi connectivity index (χ1n) is 10.1. The Morgan fingerprint density at radius 2 is 1.61 bits per heavy atom. The molecule has 2 aromatic rings. The maximum atomic E-state index is 12.4. The van der Waals surface area contributed by atoms with Crippen LogP contribution in [0.25, 0.3) is 0 Å². The fourth-order valence-corrected chi connectivity index (χ4v) is 4.90. The number of thioether (sulfide) groups is 1. The van der Waals surface area contributed by atoms with E-state index >= 15 is 0 Å². The van der Waals surface area contributed by atoms with Crippen molar-refractivity contribution in [2.45, 2.75) is 25.0 Å². The largest absolute Gasteiger partial charge is 0.459 e. The normalized spacial score (nSPS) is 19.9. The van der Waals surface area contributed by atoms with E-state index in [1.54, 1.807) is 60.3 Å². The van der Waals surface area contributed by atoms with Crippen molar-refractivity contribution in [2.75, 3.05) is 18.1 Å². The van der Waals surface area contributed by atoms with Crippen LogP contribution in [-0.4, -0.2) is 58.8 Å². The Morgan fingerprint density at radius 3 is 2.29 bits per heavy atom. The van der Waals surface area contributed by atoms with Crippen LogP contribution in [0, 0.1) is 0 Å². The number of esters is 1. The van der Waals surface area contributed by atoms with Gasteiger partial charge in [0.05, 0.1) is 17.2 Å². The van der Waals surface area contributed by atoms with Gasteiger partial charge in [-0.05, 0) is 30.7 Å². The van der Waals surface area contributed by atoms with E-state index in [0.717, 1.165) is 0 Å². The third-order valence-corrected chi connectivity index (χ3v) is 6.46. The van der Waals surface area contributed by atoms with Crippen molar-refractivity contribution in [3.63, 3.8) is 0 Å². The molecular formula is C23H22N2O5S. The van der Waals surface area contributed by atoms with Gasteiger partial charge in [-0.3, -0.25) is 24.1 Å². The molecule has 0 aromatic heterocycles. The summed E-state index contributed by atoms with van der Waals surface area (Å²) in [7, 11) is 0. The molecule has 0 bridgehead atoms. The molecule has 0 unspecified atom stereocenters. The second kappa shape index (κ2) is 9.34. The topological polar surface area (TPSA) is 92.8 Å². The average molecular weight is 439 g/mol. The number of amides is 3. The second-order valence-electron chi connectivity index (χ2n) is 7.42. The van der Waals surface area contributed by atoms with Gasteiger partial charge in [0.25, 0.3) is 17.7 Å². The molecule has 1 N–H and O–H groups in total. The molecule has 4 rings (SSSR count). The quantitative estimate of drug-likeness (QED) is 0.528. The van der Waals surface area contributed by atoms with Gasteiger partial charge in [0.2, 0.25) is 0 Å². The lowest BCUT2D eigenvalue weighted by molar-refractivity contribution is -0.148. The highest BCUT2D eigenvalue weighted by molar-refractivity contribution is 7.99. The van der Waals surface area contributed by atoms with E-state index in [1.807, 2.05) is 6.07 Å². The Kier molecular flexibility index (Phi) is 6.36. The highest BCUT2D eigenvalue weighted by Gasteiger charge is 2.35. The number of nitrogens with one attached hydrogen (secondary N) is 1. The molecule has 31 heavy (non-hydrogen) atoms. The van der Waals surface area contributed by atoms with Crippen molar-refractivity contribution < 1.29 is 23.9 Å². The molecule has 7 nitrogen and oxygen atoms in total.